The molecule has 0 bridgehead atoms. The van der Waals surface area contributed by atoms with Crippen molar-refractivity contribution in [1.82, 2.24) is 14.6 Å². The number of alkyl halides is 3. The van der Waals surface area contributed by atoms with Crippen LogP contribution in [0.4, 0.5) is 23.5 Å². The van der Waals surface area contributed by atoms with Crippen LogP contribution in [0.1, 0.15) is 15.9 Å². The van der Waals surface area contributed by atoms with E-state index in [1.165, 1.54) is 4.40 Å². The molecule has 3 aromatic rings. The number of aromatic nitrogens is 3. The van der Waals surface area contributed by atoms with E-state index in [4.69, 9.17) is 0 Å². The van der Waals surface area contributed by atoms with Gasteiger partial charge in [-0.05, 0) is 30.3 Å². The predicted octanol–water partition coefficient (Wildman–Crippen LogP) is 3.14. The fourth-order valence-corrected chi connectivity index (χ4v) is 1.98. The van der Waals surface area contributed by atoms with E-state index in [2.05, 4.69) is 15.5 Å². The zero-order chi connectivity index (χ0) is 16.6. The lowest BCUT2D eigenvalue weighted by Crippen LogP contribution is -2.16. The molecule has 2 heterocycles. The van der Waals surface area contributed by atoms with Gasteiger partial charge in [-0.1, -0.05) is 6.07 Å². The number of rotatable bonds is 2. The molecule has 0 unspecified atom stereocenters. The number of nitrogens with one attached hydrogen (secondary N) is 1. The first kappa shape index (κ1) is 14.9. The minimum Gasteiger partial charge on any atom is -0.290 e. The molecule has 118 valence electrons. The maximum atomic E-state index is 13.2. The molecule has 3 rings (SSSR count). The van der Waals surface area contributed by atoms with Gasteiger partial charge < -0.3 is 0 Å². The van der Waals surface area contributed by atoms with Gasteiger partial charge in [0.25, 0.3) is 5.91 Å². The van der Waals surface area contributed by atoms with Gasteiger partial charge in [0.1, 0.15) is 5.82 Å². The summed E-state index contributed by atoms with van der Waals surface area (Å²) < 4.78 is 52.7. The molecule has 0 aliphatic heterocycles. The summed E-state index contributed by atoms with van der Waals surface area (Å²) in [6.07, 6.45) is -3.31. The van der Waals surface area contributed by atoms with Gasteiger partial charge in [-0.2, -0.15) is 13.2 Å². The molecule has 1 N–H and O–H groups in total. The van der Waals surface area contributed by atoms with E-state index in [1.54, 1.807) is 24.4 Å². The number of hydrogen-bond acceptors (Lipinski definition) is 3. The van der Waals surface area contributed by atoms with Crippen LogP contribution in [0.2, 0.25) is 0 Å². The Hall–Kier alpha value is -2.97. The highest BCUT2D eigenvalue weighted by atomic mass is 19.4. The highest BCUT2D eigenvalue weighted by Gasteiger charge is 2.34. The molecular formula is C14H8F4N4O. The number of pyridine rings is 1. The minimum atomic E-state index is -4.89. The number of halogens is 4. The number of hydrogen-bond donors (Lipinski definition) is 1. The van der Waals surface area contributed by atoms with Gasteiger partial charge in [0.05, 0.1) is 5.56 Å². The molecule has 5 nitrogen and oxygen atoms in total. The number of anilines is 1. The first-order valence-corrected chi connectivity index (χ1v) is 6.34. The molecule has 1 amide bonds. The molecule has 2 aromatic heterocycles. The van der Waals surface area contributed by atoms with E-state index < -0.39 is 23.5 Å². The van der Waals surface area contributed by atoms with E-state index in [1.807, 2.05) is 0 Å². The van der Waals surface area contributed by atoms with Crippen LogP contribution in [0.15, 0.2) is 42.6 Å². The Labute approximate surface area is 126 Å². The van der Waals surface area contributed by atoms with Crippen LogP contribution < -0.4 is 5.32 Å². The smallest absolute Gasteiger partial charge is 0.290 e. The second-order valence-electron chi connectivity index (χ2n) is 4.60. The van der Waals surface area contributed by atoms with Crippen LogP contribution in [-0.4, -0.2) is 20.5 Å². The van der Waals surface area contributed by atoms with Crippen molar-refractivity contribution in [2.24, 2.45) is 0 Å². The molecule has 0 spiro atoms. The van der Waals surface area contributed by atoms with E-state index in [-0.39, 0.29) is 11.5 Å². The molecule has 0 radical (unpaired) electrons. The fourth-order valence-electron chi connectivity index (χ4n) is 1.98. The zero-order valence-corrected chi connectivity index (χ0v) is 11.3. The highest BCUT2D eigenvalue weighted by molar-refractivity contribution is 6.03. The van der Waals surface area contributed by atoms with Crippen LogP contribution in [0.25, 0.3) is 5.65 Å². The molecule has 0 saturated heterocycles. The standard InChI is InChI=1S/C14H8F4N4O/c15-10-5-4-8(7-9(10)14(16,17)18)12(23)19-13-21-20-11-3-1-2-6-22(11)13/h1-7H,(H,19,21,23). The van der Waals surface area contributed by atoms with Crippen molar-refractivity contribution in [2.45, 2.75) is 6.18 Å². The summed E-state index contributed by atoms with van der Waals surface area (Å²) in [4.78, 5) is 12.1. The van der Waals surface area contributed by atoms with Crippen LogP contribution in [-0.2, 0) is 6.18 Å². The Morgan fingerprint density at radius 2 is 1.91 bits per heavy atom. The van der Waals surface area contributed by atoms with Crippen molar-refractivity contribution in [3.63, 3.8) is 0 Å². The number of fused-ring (bicyclic) bond motifs is 1. The lowest BCUT2D eigenvalue weighted by Gasteiger charge is -2.10. The van der Waals surface area contributed by atoms with Crippen LogP contribution >= 0.6 is 0 Å². The third-order valence-electron chi connectivity index (χ3n) is 3.07. The summed E-state index contributed by atoms with van der Waals surface area (Å²) in [5.74, 6) is -2.25. The lowest BCUT2D eigenvalue weighted by atomic mass is 10.1. The minimum absolute atomic E-state index is 0.0449. The van der Waals surface area contributed by atoms with E-state index in [0.29, 0.717) is 17.8 Å². The van der Waals surface area contributed by atoms with E-state index in [0.717, 1.165) is 6.07 Å². The maximum absolute atomic E-state index is 13.2. The van der Waals surface area contributed by atoms with E-state index in [9.17, 15) is 22.4 Å². The average Bonchev–Trinajstić information content (AvgIpc) is 2.90. The molecular weight excluding hydrogens is 316 g/mol. The van der Waals surface area contributed by atoms with Gasteiger partial charge in [0.15, 0.2) is 5.65 Å². The summed E-state index contributed by atoms with van der Waals surface area (Å²) in [6.45, 7) is 0. The number of carbonyl (C=O) groups excluding carboxylic acids is 1. The summed E-state index contributed by atoms with van der Waals surface area (Å²) in [7, 11) is 0. The van der Waals surface area contributed by atoms with Gasteiger partial charge in [-0.15, -0.1) is 10.2 Å². The largest absolute Gasteiger partial charge is 0.419 e. The molecule has 0 aliphatic rings. The predicted molar refractivity (Wildman–Crippen MR) is 72.3 cm³/mol. The summed E-state index contributed by atoms with van der Waals surface area (Å²) >= 11 is 0. The topological polar surface area (TPSA) is 59.3 Å². The Kier molecular flexibility index (Phi) is 3.47. The Bertz CT molecular complexity index is 888. The molecule has 9 heteroatoms. The lowest BCUT2D eigenvalue weighted by molar-refractivity contribution is -0.140. The maximum Gasteiger partial charge on any atom is 0.419 e. The summed E-state index contributed by atoms with van der Waals surface area (Å²) in [5, 5.41) is 9.87. The molecule has 0 saturated carbocycles. The fraction of sp³-hybridized carbons (Fsp3) is 0.0714. The Morgan fingerprint density at radius 1 is 1.13 bits per heavy atom. The normalized spacial score (nSPS) is 11.7. The third kappa shape index (κ3) is 2.85. The number of amides is 1. The Balaban J connectivity index is 1.92. The average molecular weight is 324 g/mol. The molecule has 0 fully saturated rings. The Morgan fingerprint density at radius 3 is 2.65 bits per heavy atom. The van der Waals surface area contributed by atoms with Gasteiger partial charge in [0, 0.05) is 11.8 Å². The quantitative estimate of drug-likeness (QED) is 0.737. The molecule has 1 aromatic carbocycles. The van der Waals surface area contributed by atoms with Gasteiger partial charge >= 0.3 is 6.18 Å². The van der Waals surface area contributed by atoms with Crippen molar-refractivity contribution in [3.05, 3.63) is 59.5 Å². The van der Waals surface area contributed by atoms with Crippen LogP contribution in [0.5, 0.6) is 0 Å². The molecule has 0 aliphatic carbocycles. The SMILES string of the molecule is O=C(Nc1nnc2ccccn12)c1ccc(F)c(C(F)(F)F)c1. The third-order valence-corrected chi connectivity index (χ3v) is 3.07. The first-order valence-electron chi connectivity index (χ1n) is 6.34. The van der Waals surface area contributed by atoms with Crippen LogP contribution in [0.3, 0.4) is 0 Å². The first-order chi connectivity index (χ1) is 10.9. The van der Waals surface area contributed by atoms with Gasteiger partial charge in [-0.3, -0.25) is 14.5 Å². The van der Waals surface area contributed by atoms with Crippen molar-refractivity contribution in [3.8, 4) is 0 Å². The monoisotopic (exact) mass is 324 g/mol. The second kappa shape index (κ2) is 5.34. The van der Waals surface area contributed by atoms with Crippen molar-refractivity contribution in [2.75, 3.05) is 5.32 Å². The molecule has 23 heavy (non-hydrogen) atoms. The zero-order valence-electron chi connectivity index (χ0n) is 11.3. The highest BCUT2D eigenvalue weighted by Crippen LogP contribution is 2.32. The van der Waals surface area contributed by atoms with E-state index >= 15 is 0 Å². The second-order valence-corrected chi connectivity index (χ2v) is 4.60. The van der Waals surface area contributed by atoms with Gasteiger partial charge in [0.2, 0.25) is 5.95 Å². The number of nitrogens with zero attached hydrogens (tertiary/aromatic N) is 3. The van der Waals surface area contributed by atoms with Crippen molar-refractivity contribution >= 4 is 17.5 Å². The molecule has 0 atom stereocenters. The van der Waals surface area contributed by atoms with Crippen LogP contribution in [0, 0.1) is 5.82 Å². The summed E-state index contributed by atoms with van der Waals surface area (Å²) in [6, 6.07) is 7.04. The van der Waals surface area contributed by atoms with Gasteiger partial charge in [-0.25, -0.2) is 4.39 Å². The summed E-state index contributed by atoms with van der Waals surface area (Å²) in [5.41, 5.74) is -1.39. The van der Waals surface area contributed by atoms with Crippen molar-refractivity contribution < 1.29 is 22.4 Å². The number of carbonyl (C=O) groups is 1. The van der Waals surface area contributed by atoms with Crippen molar-refractivity contribution in [1.29, 1.82) is 0 Å². The number of benzene rings is 1.